The summed E-state index contributed by atoms with van der Waals surface area (Å²) in [7, 11) is 4.94. The fourth-order valence-corrected chi connectivity index (χ4v) is 2.42. The Hall–Kier alpha value is -2.27. The zero-order valence-electron chi connectivity index (χ0n) is 13.6. The largest absolute Gasteiger partial charge is 0.497 e. The molecule has 0 aliphatic carbocycles. The van der Waals surface area contributed by atoms with Gasteiger partial charge in [-0.3, -0.25) is 0 Å². The van der Waals surface area contributed by atoms with E-state index < -0.39 is 0 Å². The van der Waals surface area contributed by atoms with Crippen molar-refractivity contribution in [3.05, 3.63) is 53.6 Å². The maximum absolute atomic E-state index is 5.42. The van der Waals surface area contributed by atoms with E-state index in [2.05, 4.69) is 5.32 Å². The molecular weight excluding hydrogens is 310 g/mol. The van der Waals surface area contributed by atoms with E-state index in [1.807, 2.05) is 42.5 Å². The standard InChI is InChI=1S/C18H21NO3S/c1-20-15-7-4-13(5-8-15)10-18(23)19-12-14-6-9-16(21-2)11-17(14)22-3/h4-9,11H,10,12H2,1-3H3,(H,19,23). The summed E-state index contributed by atoms with van der Waals surface area (Å²) in [6.07, 6.45) is 0.692. The Morgan fingerprint density at radius 3 is 2.17 bits per heavy atom. The molecule has 2 aromatic carbocycles. The van der Waals surface area contributed by atoms with Crippen molar-refractivity contribution >= 4 is 17.2 Å². The van der Waals surface area contributed by atoms with Crippen molar-refractivity contribution in [2.45, 2.75) is 13.0 Å². The van der Waals surface area contributed by atoms with E-state index in [-0.39, 0.29) is 0 Å². The maximum Gasteiger partial charge on any atom is 0.127 e. The molecule has 5 heteroatoms. The lowest BCUT2D eigenvalue weighted by Gasteiger charge is -2.13. The van der Waals surface area contributed by atoms with Crippen LogP contribution >= 0.6 is 12.2 Å². The van der Waals surface area contributed by atoms with Crippen molar-refractivity contribution in [1.29, 1.82) is 0 Å². The van der Waals surface area contributed by atoms with Gasteiger partial charge in [-0.1, -0.05) is 24.4 Å². The minimum atomic E-state index is 0.613. The number of methoxy groups -OCH3 is 3. The average Bonchev–Trinajstić information content (AvgIpc) is 2.60. The van der Waals surface area contributed by atoms with Crippen LogP contribution in [0, 0.1) is 0 Å². The van der Waals surface area contributed by atoms with E-state index in [9.17, 15) is 0 Å². The lowest BCUT2D eigenvalue weighted by Crippen LogP contribution is -2.23. The topological polar surface area (TPSA) is 39.7 Å². The molecule has 0 spiro atoms. The van der Waals surface area contributed by atoms with Crippen LogP contribution in [0.25, 0.3) is 0 Å². The normalized spacial score (nSPS) is 10.0. The van der Waals surface area contributed by atoms with Crippen LogP contribution in [0.2, 0.25) is 0 Å². The third-order valence-electron chi connectivity index (χ3n) is 3.49. The number of hydrogen-bond acceptors (Lipinski definition) is 4. The second kappa shape index (κ2) is 8.39. The van der Waals surface area contributed by atoms with Crippen LogP contribution in [-0.2, 0) is 13.0 Å². The summed E-state index contributed by atoms with van der Waals surface area (Å²) in [6.45, 7) is 0.613. The van der Waals surface area contributed by atoms with E-state index in [0.717, 1.165) is 33.4 Å². The quantitative estimate of drug-likeness (QED) is 0.788. The third kappa shape index (κ3) is 4.86. The zero-order chi connectivity index (χ0) is 16.7. The van der Waals surface area contributed by atoms with Gasteiger partial charge in [-0.2, -0.15) is 0 Å². The smallest absolute Gasteiger partial charge is 0.127 e. The third-order valence-corrected chi connectivity index (χ3v) is 3.78. The average molecular weight is 331 g/mol. The van der Waals surface area contributed by atoms with Crippen molar-refractivity contribution in [3.63, 3.8) is 0 Å². The van der Waals surface area contributed by atoms with E-state index in [1.165, 1.54) is 0 Å². The van der Waals surface area contributed by atoms with Crippen molar-refractivity contribution in [2.75, 3.05) is 21.3 Å². The van der Waals surface area contributed by atoms with Gasteiger partial charge in [0.15, 0.2) is 0 Å². The molecule has 0 aliphatic heterocycles. The number of ether oxygens (including phenoxy) is 3. The Labute approximate surface area is 142 Å². The fourth-order valence-electron chi connectivity index (χ4n) is 2.18. The van der Waals surface area contributed by atoms with E-state index in [4.69, 9.17) is 26.4 Å². The monoisotopic (exact) mass is 331 g/mol. The number of hydrogen-bond donors (Lipinski definition) is 1. The molecule has 0 aromatic heterocycles. The Morgan fingerprint density at radius 1 is 0.913 bits per heavy atom. The first kappa shape index (κ1) is 17.1. The van der Waals surface area contributed by atoms with Gasteiger partial charge in [0, 0.05) is 24.6 Å². The van der Waals surface area contributed by atoms with Gasteiger partial charge in [-0.25, -0.2) is 0 Å². The number of nitrogens with one attached hydrogen (secondary N) is 1. The van der Waals surface area contributed by atoms with Crippen LogP contribution in [0.1, 0.15) is 11.1 Å². The SMILES string of the molecule is COc1ccc(CC(=S)NCc2ccc(OC)cc2OC)cc1. The second-order valence-corrected chi connectivity index (χ2v) is 5.47. The summed E-state index contributed by atoms with van der Waals surface area (Å²) in [5.74, 6) is 2.39. The highest BCUT2D eigenvalue weighted by molar-refractivity contribution is 7.80. The molecule has 0 unspecified atom stereocenters. The summed E-state index contributed by atoms with van der Waals surface area (Å²) >= 11 is 5.42. The number of benzene rings is 2. The van der Waals surface area contributed by atoms with Crippen LogP contribution in [0.3, 0.4) is 0 Å². The molecule has 0 fully saturated rings. The van der Waals surface area contributed by atoms with Gasteiger partial charge < -0.3 is 19.5 Å². The molecule has 0 saturated carbocycles. The first-order chi connectivity index (χ1) is 11.2. The molecule has 23 heavy (non-hydrogen) atoms. The molecule has 4 nitrogen and oxygen atoms in total. The van der Waals surface area contributed by atoms with Crippen molar-refractivity contribution in [3.8, 4) is 17.2 Å². The van der Waals surface area contributed by atoms with Crippen LogP contribution in [-0.4, -0.2) is 26.3 Å². The summed E-state index contributed by atoms with van der Waals surface area (Å²) in [6, 6.07) is 13.6. The van der Waals surface area contributed by atoms with Gasteiger partial charge in [-0.05, 0) is 29.8 Å². The molecule has 0 heterocycles. The van der Waals surface area contributed by atoms with Crippen LogP contribution in [0.5, 0.6) is 17.2 Å². The van der Waals surface area contributed by atoms with Gasteiger partial charge >= 0.3 is 0 Å². The van der Waals surface area contributed by atoms with Gasteiger partial charge in [0.05, 0.1) is 26.3 Å². The molecule has 122 valence electrons. The summed E-state index contributed by atoms with van der Waals surface area (Å²) in [5.41, 5.74) is 2.18. The molecule has 1 N–H and O–H groups in total. The van der Waals surface area contributed by atoms with Gasteiger partial charge in [0.1, 0.15) is 17.2 Å². The number of thiocarbonyl (C=S) groups is 1. The molecule has 2 aromatic rings. The van der Waals surface area contributed by atoms with Gasteiger partial charge in [0.25, 0.3) is 0 Å². The lowest BCUT2D eigenvalue weighted by molar-refractivity contribution is 0.390. The molecule has 0 radical (unpaired) electrons. The van der Waals surface area contributed by atoms with E-state index in [1.54, 1.807) is 21.3 Å². The van der Waals surface area contributed by atoms with E-state index >= 15 is 0 Å². The van der Waals surface area contributed by atoms with Crippen molar-refractivity contribution < 1.29 is 14.2 Å². The molecule has 0 amide bonds. The predicted molar refractivity (Wildman–Crippen MR) is 95.7 cm³/mol. The van der Waals surface area contributed by atoms with Crippen LogP contribution in [0.15, 0.2) is 42.5 Å². The minimum Gasteiger partial charge on any atom is -0.497 e. The Kier molecular flexibility index (Phi) is 6.23. The second-order valence-electron chi connectivity index (χ2n) is 4.98. The van der Waals surface area contributed by atoms with Gasteiger partial charge in [-0.15, -0.1) is 0 Å². The van der Waals surface area contributed by atoms with Crippen molar-refractivity contribution in [1.82, 2.24) is 5.32 Å². The highest BCUT2D eigenvalue weighted by atomic mass is 32.1. The Balaban J connectivity index is 1.93. The minimum absolute atomic E-state index is 0.613. The summed E-state index contributed by atoms with van der Waals surface area (Å²) in [4.78, 5) is 0.785. The van der Waals surface area contributed by atoms with Crippen LogP contribution < -0.4 is 19.5 Å². The number of rotatable bonds is 7. The Morgan fingerprint density at radius 2 is 1.57 bits per heavy atom. The lowest BCUT2D eigenvalue weighted by atomic mass is 10.1. The highest BCUT2D eigenvalue weighted by Crippen LogP contribution is 2.24. The molecule has 0 atom stereocenters. The summed E-state index contributed by atoms with van der Waals surface area (Å²) < 4.78 is 15.7. The first-order valence-corrected chi connectivity index (χ1v) is 7.67. The molecule has 0 aliphatic rings. The summed E-state index contributed by atoms with van der Waals surface area (Å²) in [5, 5.41) is 3.27. The fraction of sp³-hybridized carbons (Fsp3) is 0.278. The zero-order valence-corrected chi connectivity index (χ0v) is 14.4. The maximum atomic E-state index is 5.42. The predicted octanol–water partition coefficient (Wildman–Crippen LogP) is 3.37. The molecular formula is C18H21NO3S. The van der Waals surface area contributed by atoms with Crippen molar-refractivity contribution in [2.24, 2.45) is 0 Å². The van der Waals surface area contributed by atoms with Crippen LogP contribution in [0.4, 0.5) is 0 Å². The van der Waals surface area contributed by atoms with E-state index in [0.29, 0.717) is 13.0 Å². The first-order valence-electron chi connectivity index (χ1n) is 7.26. The highest BCUT2D eigenvalue weighted by Gasteiger charge is 2.06. The van der Waals surface area contributed by atoms with Gasteiger partial charge in [0.2, 0.25) is 0 Å². The molecule has 2 rings (SSSR count). The molecule has 0 bridgehead atoms. The molecule has 0 saturated heterocycles. The Bertz CT molecular complexity index is 656.